The second-order valence-electron chi connectivity index (χ2n) is 8.67. The zero-order valence-electron chi connectivity index (χ0n) is 16.9. The first-order valence-electron chi connectivity index (χ1n) is 10.7. The SMILES string of the molecule is NC(=O)C1(C(=O)N[C@@H]2CCCC[C@@H]2NC(=O)c2ccc(C3CCC(=O)N3)cc2)CC1. The summed E-state index contributed by atoms with van der Waals surface area (Å²) < 4.78 is 0. The monoisotopic (exact) mass is 412 g/mol. The zero-order chi connectivity index (χ0) is 21.3. The highest BCUT2D eigenvalue weighted by Crippen LogP contribution is 2.45. The Labute approximate surface area is 175 Å². The molecule has 3 aliphatic rings. The summed E-state index contributed by atoms with van der Waals surface area (Å²) in [5, 5.41) is 8.93. The van der Waals surface area contributed by atoms with Crippen LogP contribution in [0, 0.1) is 5.41 Å². The number of nitrogens with two attached hydrogens (primary N) is 1. The molecule has 1 aliphatic heterocycles. The Hall–Kier alpha value is -2.90. The molecule has 1 saturated heterocycles. The van der Waals surface area contributed by atoms with Crippen LogP contribution in [0.1, 0.15) is 73.3 Å². The van der Waals surface area contributed by atoms with Gasteiger partial charge in [-0.1, -0.05) is 25.0 Å². The summed E-state index contributed by atoms with van der Waals surface area (Å²) in [4.78, 5) is 48.4. The number of rotatable bonds is 6. The van der Waals surface area contributed by atoms with Crippen molar-refractivity contribution in [2.24, 2.45) is 11.1 Å². The Morgan fingerprint density at radius 1 is 0.967 bits per heavy atom. The molecule has 4 amide bonds. The molecule has 0 radical (unpaired) electrons. The number of carbonyl (C=O) groups excluding carboxylic acids is 4. The Morgan fingerprint density at radius 2 is 1.60 bits per heavy atom. The number of primary amides is 1. The van der Waals surface area contributed by atoms with Crippen LogP contribution >= 0.6 is 0 Å². The number of nitrogens with one attached hydrogen (secondary N) is 3. The van der Waals surface area contributed by atoms with E-state index in [9.17, 15) is 19.2 Å². The Balaban J connectivity index is 1.38. The first kappa shape index (κ1) is 20.4. The van der Waals surface area contributed by atoms with Crippen LogP contribution in [0.5, 0.6) is 0 Å². The molecule has 3 fully saturated rings. The maximum atomic E-state index is 12.8. The second-order valence-corrected chi connectivity index (χ2v) is 8.67. The van der Waals surface area contributed by atoms with E-state index in [1.165, 1.54) is 0 Å². The zero-order valence-corrected chi connectivity index (χ0v) is 16.9. The number of amides is 4. The summed E-state index contributed by atoms with van der Waals surface area (Å²) in [6.45, 7) is 0. The van der Waals surface area contributed by atoms with Crippen molar-refractivity contribution in [3.63, 3.8) is 0 Å². The Kier molecular flexibility index (Phi) is 5.49. The molecule has 0 aromatic heterocycles. The predicted molar refractivity (Wildman–Crippen MR) is 109 cm³/mol. The van der Waals surface area contributed by atoms with Gasteiger partial charge in [0.2, 0.25) is 17.7 Å². The predicted octanol–water partition coefficient (Wildman–Crippen LogP) is 1.06. The van der Waals surface area contributed by atoms with Gasteiger partial charge in [0, 0.05) is 24.1 Å². The largest absolute Gasteiger partial charge is 0.369 e. The third-order valence-corrected chi connectivity index (χ3v) is 6.63. The molecule has 2 aliphatic carbocycles. The fourth-order valence-electron chi connectivity index (χ4n) is 4.48. The lowest BCUT2D eigenvalue weighted by Crippen LogP contribution is -2.55. The standard InChI is InChI=1S/C22H28N4O4/c23-20(29)22(11-12-22)21(30)26-17-4-2-1-3-16(17)25-19(28)14-7-5-13(6-8-14)15-9-10-18(27)24-15/h5-8,15-17H,1-4,9-12H2,(H2,23,29)(H,24,27)(H,25,28)(H,26,30)/t15?,16-,17+/m0/s1. The summed E-state index contributed by atoms with van der Waals surface area (Å²) >= 11 is 0. The van der Waals surface area contributed by atoms with Crippen molar-refractivity contribution in [2.45, 2.75) is 69.5 Å². The van der Waals surface area contributed by atoms with Gasteiger partial charge in [-0.15, -0.1) is 0 Å². The van der Waals surface area contributed by atoms with E-state index in [4.69, 9.17) is 5.73 Å². The molecule has 5 N–H and O–H groups in total. The van der Waals surface area contributed by atoms with Crippen LogP contribution in [-0.4, -0.2) is 35.7 Å². The van der Waals surface area contributed by atoms with Crippen LogP contribution in [-0.2, 0) is 14.4 Å². The molecule has 0 spiro atoms. The summed E-state index contributed by atoms with van der Waals surface area (Å²) in [7, 11) is 0. The average Bonchev–Trinajstić information content (AvgIpc) is 3.45. The lowest BCUT2D eigenvalue weighted by Gasteiger charge is -2.33. The molecule has 8 heteroatoms. The molecular weight excluding hydrogens is 384 g/mol. The molecular formula is C22H28N4O4. The van der Waals surface area contributed by atoms with E-state index in [2.05, 4.69) is 16.0 Å². The highest BCUT2D eigenvalue weighted by molar-refractivity contribution is 6.07. The normalized spacial score (nSPS) is 27.1. The van der Waals surface area contributed by atoms with Crippen LogP contribution in [0.3, 0.4) is 0 Å². The molecule has 1 aromatic carbocycles. The summed E-state index contributed by atoms with van der Waals surface area (Å²) in [6.07, 6.45) is 5.73. The summed E-state index contributed by atoms with van der Waals surface area (Å²) in [5.41, 5.74) is 5.87. The van der Waals surface area contributed by atoms with Crippen molar-refractivity contribution in [1.82, 2.24) is 16.0 Å². The van der Waals surface area contributed by atoms with Crippen LogP contribution < -0.4 is 21.7 Å². The smallest absolute Gasteiger partial charge is 0.251 e. The molecule has 30 heavy (non-hydrogen) atoms. The van der Waals surface area contributed by atoms with Gasteiger partial charge in [0.15, 0.2) is 0 Å². The van der Waals surface area contributed by atoms with Gasteiger partial charge >= 0.3 is 0 Å². The van der Waals surface area contributed by atoms with Crippen LogP contribution in [0.25, 0.3) is 0 Å². The van der Waals surface area contributed by atoms with Gasteiger partial charge in [0.25, 0.3) is 5.91 Å². The van der Waals surface area contributed by atoms with Crippen molar-refractivity contribution in [3.05, 3.63) is 35.4 Å². The van der Waals surface area contributed by atoms with E-state index >= 15 is 0 Å². The van der Waals surface area contributed by atoms with Gasteiger partial charge in [0.1, 0.15) is 5.41 Å². The third kappa shape index (κ3) is 4.04. The third-order valence-electron chi connectivity index (χ3n) is 6.63. The Morgan fingerprint density at radius 3 is 2.13 bits per heavy atom. The van der Waals surface area contributed by atoms with E-state index in [1.54, 1.807) is 12.1 Å². The second kappa shape index (κ2) is 8.08. The van der Waals surface area contributed by atoms with E-state index < -0.39 is 11.3 Å². The first-order valence-corrected chi connectivity index (χ1v) is 10.7. The molecule has 1 unspecified atom stereocenters. The number of benzene rings is 1. The minimum Gasteiger partial charge on any atom is -0.369 e. The van der Waals surface area contributed by atoms with Crippen molar-refractivity contribution in [3.8, 4) is 0 Å². The van der Waals surface area contributed by atoms with E-state index in [0.717, 1.165) is 37.7 Å². The molecule has 1 heterocycles. The van der Waals surface area contributed by atoms with Gasteiger partial charge < -0.3 is 21.7 Å². The maximum absolute atomic E-state index is 12.8. The highest BCUT2D eigenvalue weighted by Gasteiger charge is 2.56. The molecule has 4 rings (SSSR count). The molecule has 2 saturated carbocycles. The van der Waals surface area contributed by atoms with Gasteiger partial charge in [-0.3, -0.25) is 19.2 Å². The highest BCUT2D eigenvalue weighted by atomic mass is 16.2. The molecule has 8 nitrogen and oxygen atoms in total. The van der Waals surface area contributed by atoms with Gasteiger partial charge in [-0.25, -0.2) is 0 Å². The number of hydrogen-bond donors (Lipinski definition) is 4. The summed E-state index contributed by atoms with van der Waals surface area (Å²) in [6, 6.07) is 6.87. The molecule has 3 atom stereocenters. The van der Waals surface area contributed by atoms with E-state index in [-0.39, 0.29) is 35.8 Å². The quantitative estimate of drug-likeness (QED) is 0.521. The Bertz CT molecular complexity index is 862. The molecule has 0 bridgehead atoms. The van der Waals surface area contributed by atoms with Crippen molar-refractivity contribution < 1.29 is 19.2 Å². The molecule has 1 aromatic rings. The lowest BCUT2D eigenvalue weighted by atomic mass is 9.89. The van der Waals surface area contributed by atoms with Gasteiger partial charge in [-0.2, -0.15) is 0 Å². The van der Waals surface area contributed by atoms with Gasteiger partial charge in [0.05, 0.1) is 6.04 Å². The number of carbonyl (C=O) groups is 4. The lowest BCUT2D eigenvalue weighted by molar-refractivity contribution is -0.136. The van der Waals surface area contributed by atoms with Crippen LogP contribution in [0.2, 0.25) is 0 Å². The first-order chi connectivity index (χ1) is 14.4. The van der Waals surface area contributed by atoms with Crippen molar-refractivity contribution in [2.75, 3.05) is 0 Å². The fourth-order valence-corrected chi connectivity index (χ4v) is 4.48. The molecule has 160 valence electrons. The van der Waals surface area contributed by atoms with Crippen molar-refractivity contribution in [1.29, 1.82) is 0 Å². The topological polar surface area (TPSA) is 130 Å². The minimum atomic E-state index is -1.06. The van der Waals surface area contributed by atoms with Gasteiger partial charge in [-0.05, 0) is 49.8 Å². The van der Waals surface area contributed by atoms with Crippen LogP contribution in [0.4, 0.5) is 0 Å². The average molecular weight is 412 g/mol. The summed E-state index contributed by atoms with van der Waals surface area (Å²) in [5.74, 6) is -1.03. The maximum Gasteiger partial charge on any atom is 0.251 e. The van der Waals surface area contributed by atoms with Crippen molar-refractivity contribution >= 4 is 23.6 Å². The van der Waals surface area contributed by atoms with E-state index in [0.29, 0.717) is 24.8 Å². The number of hydrogen-bond acceptors (Lipinski definition) is 4. The minimum absolute atomic E-state index is 0.00699. The van der Waals surface area contributed by atoms with E-state index in [1.807, 2.05) is 12.1 Å². The fraction of sp³-hybridized carbons (Fsp3) is 0.545. The van der Waals surface area contributed by atoms with Crippen LogP contribution in [0.15, 0.2) is 24.3 Å².